The quantitative estimate of drug-likeness (QED) is 0.638. The smallest absolute Gasteiger partial charge is 0.229 e. The van der Waals surface area contributed by atoms with Gasteiger partial charge in [0.05, 0.1) is 30.0 Å². The zero-order chi connectivity index (χ0) is 23.8. The SMILES string of the molecule is CC(=O)N1CCc2nc(N3CCC(C(=O)Nc4ccc(F)cc4)C3)c(-c3cnn(C)c3)nc2C1. The minimum atomic E-state index is -0.342. The number of rotatable bonds is 4. The van der Waals surface area contributed by atoms with Gasteiger partial charge in [0.25, 0.3) is 0 Å². The molecule has 2 amide bonds. The van der Waals surface area contributed by atoms with Gasteiger partial charge in [-0.3, -0.25) is 14.3 Å². The van der Waals surface area contributed by atoms with Crippen molar-refractivity contribution < 1.29 is 14.0 Å². The highest BCUT2D eigenvalue weighted by Crippen LogP contribution is 2.33. The highest BCUT2D eigenvalue weighted by molar-refractivity contribution is 5.93. The number of carbonyl (C=O) groups is 2. The van der Waals surface area contributed by atoms with E-state index in [0.717, 1.165) is 22.8 Å². The second kappa shape index (κ2) is 8.85. The molecule has 0 bridgehead atoms. The van der Waals surface area contributed by atoms with Crippen LogP contribution in [0.25, 0.3) is 11.3 Å². The topological polar surface area (TPSA) is 96.3 Å². The molecule has 1 atom stereocenters. The fourth-order valence-corrected chi connectivity index (χ4v) is 4.49. The van der Waals surface area contributed by atoms with Crippen molar-refractivity contribution in [3.05, 3.63) is 53.9 Å². The van der Waals surface area contributed by atoms with Gasteiger partial charge in [-0.25, -0.2) is 14.4 Å². The molecule has 0 spiro atoms. The summed E-state index contributed by atoms with van der Waals surface area (Å²) in [5, 5.41) is 7.17. The Labute approximate surface area is 196 Å². The van der Waals surface area contributed by atoms with Gasteiger partial charge in [-0.05, 0) is 30.7 Å². The Morgan fingerprint density at radius 1 is 1.12 bits per heavy atom. The molecule has 1 N–H and O–H groups in total. The van der Waals surface area contributed by atoms with Crippen molar-refractivity contribution in [3.8, 4) is 11.3 Å². The molecule has 1 unspecified atom stereocenters. The molecular weight excluding hydrogens is 437 g/mol. The number of fused-ring (bicyclic) bond motifs is 1. The maximum atomic E-state index is 13.2. The molecule has 5 rings (SSSR count). The van der Waals surface area contributed by atoms with E-state index in [9.17, 15) is 14.0 Å². The molecule has 0 saturated carbocycles. The summed E-state index contributed by atoms with van der Waals surface area (Å²) in [5.41, 5.74) is 3.81. The van der Waals surface area contributed by atoms with Crippen LogP contribution in [0.1, 0.15) is 24.7 Å². The molecule has 0 radical (unpaired) electrons. The van der Waals surface area contributed by atoms with Crippen LogP contribution in [-0.4, -0.2) is 56.1 Å². The second-order valence-electron chi connectivity index (χ2n) is 8.81. The number of anilines is 2. The van der Waals surface area contributed by atoms with Crippen molar-refractivity contribution >= 4 is 23.3 Å². The van der Waals surface area contributed by atoms with E-state index in [0.29, 0.717) is 50.4 Å². The molecule has 1 saturated heterocycles. The van der Waals surface area contributed by atoms with Crippen LogP contribution in [0, 0.1) is 11.7 Å². The number of hydrogen-bond acceptors (Lipinski definition) is 6. The summed E-state index contributed by atoms with van der Waals surface area (Å²) >= 11 is 0. The lowest BCUT2D eigenvalue weighted by atomic mass is 10.1. The average molecular weight is 464 g/mol. The van der Waals surface area contributed by atoms with E-state index in [4.69, 9.17) is 9.97 Å². The minimum absolute atomic E-state index is 0.0222. The molecule has 1 fully saturated rings. The highest BCUT2D eigenvalue weighted by Gasteiger charge is 2.32. The van der Waals surface area contributed by atoms with Gasteiger partial charge < -0.3 is 15.1 Å². The predicted molar refractivity (Wildman–Crippen MR) is 124 cm³/mol. The number of hydrogen-bond donors (Lipinski definition) is 1. The van der Waals surface area contributed by atoms with Crippen molar-refractivity contribution in [2.75, 3.05) is 29.9 Å². The minimum Gasteiger partial charge on any atom is -0.354 e. The molecule has 3 aromatic rings. The van der Waals surface area contributed by atoms with Gasteiger partial charge in [0.1, 0.15) is 11.5 Å². The van der Waals surface area contributed by atoms with E-state index < -0.39 is 0 Å². The third-order valence-electron chi connectivity index (χ3n) is 6.39. The summed E-state index contributed by atoms with van der Waals surface area (Å²) in [6.07, 6.45) is 4.96. The molecule has 34 heavy (non-hydrogen) atoms. The van der Waals surface area contributed by atoms with E-state index in [1.54, 1.807) is 34.8 Å². The number of carbonyl (C=O) groups excluding carboxylic acids is 2. The third kappa shape index (κ3) is 4.35. The van der Waals surface area contributed by atoms with Crippen LogP contribution in [0.15, 0.2) is 36.7 Å². The van der Waals surface area contributed by atoms with Gasteiger partial charge in [-0.15, -0.1) is 0 Å². The largest absolute Gasteiger partial charge is 0.354 e. The van der Waals surface area contributed by atoms with Gasteiger partial charge in [-0.1, -0.05) is 0 Å². The molecule has 4 heterocycles. The molecule has 176 valence electrons. The lowest BCUT2D eigenvalue weighted by Crippen LogP contribution is -2.36. The first-order valence-electron chi connectivity index (χ1n) is 11.3. The van der Waals surface area contributed by atoms with Gasteiger partial charge >= 0.3 is 0 Å². The number of amides is 2. The number of halogens is 1. The van der Waals surface area contributed by atoms with Crippen LogP contribution in [0.2, 0.25) is 0 Å². The lowest BCUT2D eigenvalue weighted by molar-refractivity contribution is -0.129. The van der Waals surface area contributed by atoms with Gasteiger partial charge in [0.2, 0.25) is 11.8 Å². The standard InChI is InChI=1S/C24H26FN7O2/c1-15(33)31-10-8-20-21(14-31)28-22(17-11-26-30(2)12-17)23(29-20)32-9-7-16(13-32)24(34)27-19-5-3-18(25)4-6-19/h3-6,11-12,16H,7-10,13-14H2,1-2H3,(H,27,34). The summed E-state index contributed by atoms with van der Waals surface area (Å²) in [5.74, 6) is 0.0948. The fourth-order valence-electron chi connectivity index (χ4n) is 4.49. The number of aryl methyl sites for hydroxylation is 1. The van der Waals surface area contributed by atoms with E-state index in [1.807, 2.05) is 13.2 Å². The lowest BCUT2D eigenvalue weighted by Gasteiger charge is -2.29. The monoisotopic (exact) mass is 463 g/mol. The molecule has 9 nitrogen and oxygen atoms in total. The van der Waals surface area contributed by atoms with Crippen molar-refractivity contribution in [1.82, 2.24) is 24.6 Å². The Balaban J connectivity index is 1.41. The zero-order valence-corrected chi connectivity index (χ0v) is 19.2. The Kier molecular flexibility index (Phi) is 5.72. The zero-order valence-electron chi connectivity index (χ0n) is 19.2. The summed E-state index contributed by atoms with van der Waals surface area (Å²) in [6.45, 7) is 3.80. The number of nitrogens with one attached hydrogen (secondary N) is 1. The van der Waals surface area contributed by atoms with Crippen molar-refractivity contribution in [3.63, 3.8) is 0 Å². The summed E-state index contributed by atoms with van der Waals surface area (Å²) in [4.78, 5) is 38.5. The number of nitrogens with zero attached hydrogens (tertiary/aromatic N) is 6. The average Bonchev–Trinajstić information content (AvgIpc) is 3.49. The molecule has 2 aliphatic rings. The van der Waals surface area contributed by atoms with Crippen LogP contribution in [-0.2, 0) is 29.6 Å². The van der Waals surface area contributed by atoms with E-state index in [2.05, 4.69) is 15.3 Å². The van der Waals surface area contributed by atoms with Gasteiger partial charge in [-0.2, -0.15) is 5.10 Å². The predicted octanol–water partition coefficient (Wildman–Crippen LogP) is 2.39. The number of benzene rings is 1. The fraction of sp³-hybridized carbons (Fsp3) is 0.375. The number of aromatic nitrogens is 4. The maximum absolute atomic E-state index is 13.2. The Morgan fingerprint density at radius 3 is 2.62 bits per heavy atom. The van der Waals surface area contributed by atoms with Crippen LogP contribution in [0.4, 0.5) is 15.9 Å². The highest BCUT2D eigenvalue weighted by atomic mass is 19.1. The Bertz CT molecular complexity index is 1240. The van der Waals surface area contributed by atoms with Crippen LogP contribution < -0.4 is 10.2 Å². The molecule has 10 heteroatoms. The summed E-state index contributed by atoms with van der Waals surface area (Å²) in [7, 11) is 1.85. The van der Waals surface area contributed by atoms with Crippen LogP contribution in [0.3, 0.4) is 0 Å². The molecule has 0 aliphatic carbocycles. The normalized spacial score (nSPS) is 17.6. The molecule has 2 aromatic heterocycles. The molecule has 1 aromatic carbocycles. The van der Waals surface area contributed by atoms with E-state index in [-0.39, 0.29) is 23.5 Å². The first-order chi connectivity index (χ1) is 16.4. The van der Waals surface area contributed by atoms with Crippen LogP contribution >= 0.6 is 0 Å². The van der Waals surface area contributed by atoms with E-state index in [1.165, 1.54) is 12.1 Å². The first kappa shape index (κ1) is 22.0. The van der Waals surface area contributed by atoms with E-state index >= 15 is 0 Å². The second-order valence-corrected chi connectivity index (χ2v) is 8.81. The first-order valence-corrected chi connectivity index (χ1v) is 11.3. The molecule has 2 aliphatic heterocycles. The van der Waals surface area contributed by atoms with Crippen LogP contribution in [0.5, 0.6) is 0 Å². The van der Waals surface area contributed by atoms with Crippen molar-refractivity contribution in [1.29, 1.82) is 0 Å². The maximum Gasteiger partial charge on any atom is 0.229 e. The van der Waals surface area contributed by atoms with Gasteiger partial charge in [0, 0.05) is 57.5 Å². The summed E-state index contributed by atoms with van der Waals surface area (Å²) in [6, 6.07) is 5.76. The van der Waals surface area contributed by atoms with Crippen molar-refractivity contribution in [2.45, 2.75) is 26.3 Å². The Morgan fingerprint density at radius 2 is 1.91 bits per heavy atom. The third-order valence-corrected chi connectivity index (χ3v) is 6.39. The van der Waals surface area contributed by atoms with Gasteiger partial charge in [0.15, 0.2) is 5.82 Å². The molecular formula is C24H26FN7O2. The Hall–Kier alpha value is -3.82. The summed E-state index contributed by atoms with van der Waals surface area (Å²) < 4.78 is 14.9. The van der Waals surface area contributed by atoms with Crippen molar-refractivity contribution in [2.24, 2.45) is 13.0 Å².